The number of likely N-dealkylation sites (tertiary alicyclic amines) is 1. The lowest BCUT2D eigenvalue weighted by Crippen LogP contribution is -2.34. The first-order chi connectivity index (χ1) is 21.5. The van der Waals surface area contributed by atoms with Crippen LogP contribution >= 0.6 is 0 Å². The Morgan fingerprint density at radius 2 is 1.68 bits per heavy atom. The first-order valence-electron chi connectivity index (χ1n) is 15.6. The molecule has 0 spiro atoms. The Morgan fingerprint density at radius 3 is 2.39 bits per heavy atom. The summed E-state index contributed by atoms with van der Waals surface area (Å²) in [7, 11) is 5.21. The molecule has 0 aliphatic carbocycles. The fraction of sp³-hybridized carbons (Fsp3) is 0.417. The second-order valence-electron chi connectivity index (χ2n) is 11.7. The van der Waals surface area contributed by atoms with Crippen LogP contribution in [-0.2, 0) is 6.54 Å². The number of methoxy groups -OCH3 is 2. The molecule has 0 radical (unpaired) electrons. The molecule has 0 unspecified atom stereocenters. The average Bonchev–Trinajstić information content (AvgIpc) is 3.06. The number of hydrogen-bond acceptors (Lipinski definition) is 8. The summed E-state index contributed by atoms with van der Waals surface area (Å²) in [6.45, 7) is 6.29. The summed E-state index contributed by atoms with van der Waals surface area (Å²) >= 11 is 0. The van der Waals surface area contributed by atoms with Crippen LogP contribution in [0.15, 0.2) is 75.9 Å². The van der Waals surface area contributed by atoms with Gasteiger partial charge in [0.1, 0.15) is 5.75 Å². The zero-order valence-electron chi connectivity index (χ0n) is 26.1. The van der Waals surface area contributed by atoms with Crippen molar-refractivity contribution in [1.29, 1.82) is 0 Å². The van der Waals surface area contributed by atoms with Crippen molar-refractivity contribution < 1.29 is 23.7 Å². The van der Waals surface area contributed by atoms with Crippen LogP contribution in [0.5, 0.6) is 23.0 Å². The number of hydrogen-bond donors (Lipinski definition) is 1. The highest BCUT2D eigenvalue weighted by Gasteiger charge is 2.21. The second-order valence-corrected chi connectivity index (χ2v) is 11.7. The van der Waals surface area contributed by atoms with Crippen molar-refractivity contribution in [3.63, 3.8) is 0 Å². The monoisotopic (exact) mass is 600 g/mol. The molecular weight excluding hydrogens is 556 g/mol. The molecule has 8 nitrogen and oxygen atoms in total. The summed E-state index contributed by atoms with van der Waals surface area (Å²) in [4.78, 5) is 17.9. The standard InChI is InChI=1S/C36H44N2O6/c1-37(21-17-26-18-22-38(23-19-26)25-27-9-5-4-6-10-27)20-7-8-24-43-29-13-11-28(12-14-29)34-33(40)32(39)30-15-16-31(41-2)36(42-3)35(30)44-34/h4-6,9-16,26,40H,7-8,17-25H2,1-3H3. The molecule has 1 N–H and O–H groups in total. The van der Waals surface area contributed by atoms with Gasteiger partial charge in [0.25, 0.3) is 0 Å². The van der Waals surface area contributed by atoms with Crippen molar-refractivity contribution in [1.82, 2.24) is 9.80 Å². The van der Waals surface area contributed by atoms with Crippen molar-refractivity contribution in [2.75, 3.05) is 54.1 Å². The molecule has 3 aromatic carbocycles. The molecule has 0 saturated carbocycles. The van der Waals surface area contributed by atoms with Gasteiger partial charge in [-0.3, -0.25) is 9.69 Å². The lowest BCUT2D eigenvalue weighted by Gasteiger charge is -2.32. The molecule has 4 aromatic rings. The van der Waals surface area contributed by atoms with E-state index in [4.69, 9.17) is 18.6 Å². The number of fused-ring (bicyclic) bond motifs is 1. The zero-order valence-corrected chi connectivity index (χ0v) is 26.1. The fourth-order valence-corrected chi connectivity index (χ4v) is 5.92. The molecule has 0 atom stereocenters. The number of nitrogens with zero attached hydrogens (tertiary/aromatic N) is 2. The molecule has 1 saturated heterocycles. The van der Waals surface area contributed by atoms with Crippen molar-refractivity contribution >= 4 is 11.0 Å². The number of benzene rings is 3. The minimum absolute atomic E-state index is 0.0707. The van der Waals surface area contributed by atoms with Gasteiger partial charge in [-0.05, 0) is 113 Å². The normalized spacial score (nSPS) is 14.3. The van der Waals surface area contributed by atoms with Gasteiger partial charge in [0.05, 0.1) is 26.2 Å². The van der Waals surface area contributed by atoms with Crippen molar-refractivity contribution in [2.45, 2.75) is 38.6 Å². The van der Waals surface area contributed by atoms with Crippen molar-refractivity contribution in [3.8, 4) is 34.3 Å². The van der Waals surface area contributed by atoms with E-state index in [9.17, 15) is 9.90 Å². The molecule has 0 bridgehead atoms. The van der Waals surface area contributed by atoms with Gasteiger partial charge >= 0.3 is 0 Å². The molecule has 1 fully saturated rings. The summed E-state index contributed by atoms with van der Waals surface area (Å²) in [6.07, 6.45) is 5.90. The van der Waals surface area contributed by atoms with E-state index in [1.165, 1.54) is 52.1 Å². The predicted octanol–water partition coefficient (Wildman–Crippen LogP) is 6.58. The highest BCUT2D eigenvalue weighted by Crippen LogP contribution is 2.39. The van der Waals surface area contributed by atoms with E-state index in [0.29, 0.717) is 23.7 Å². The third-order valence-corrected chi connectivity index (χ3v) is 8.57. The molecule has 234 valence electrons. The maximum atomic E-state index is 12.9. The highest BCUT2D eigenvalue weighted by molar-refractivity contribution is 5.88. The lowest BCUT2D eigenvalue weighted by molar-refractivity contribution is 0.162. The summed E-state index contributed by atoms with van der Waals surface area (Å²) in [6, 6.07) is 21.1. The Hall–Kier alpha value is -4.01. The van der Waals surface area contributed by atoms with Crippen LogP contribution in [0, 0.1) is 5.92 Å². The Labute approximate surface area is 259 Å². The van der Waals surface area contributed by atoms with Gasteiger partial charge in [-0.15, -0.1) is 0 Å². The summed E-state index contributed by atoms with van der Waals surface area (Å²) < 4.78 is 22.7. The van der Waals surface area contributed by atoms with Gasteiger partial charge in [-0.1, -0.05) is 30.3 Å². The number of unbranched alkanes of at least 4 members (excludes halogenated alkanes) is 1. The molecule has 1 aliphatic rings. The second kappa shape index (κ2) is 15.1. The Kier molecular flexibility index (Phi) is 10.8. The number of rotatable bonds is 14. The highest BCUT2D eigenvalue weighted by atomic mass is 16.5. The first-order valence-corrected chi connectivity index (χ1v) is 15.6. The SMILES string of the molecule is COc1ccc2c(=O)c(O)c(-c3ccc(OCCCCN(C)CCC4CCN(Cc5ccccc5)CC4)cc3)oc2c1OC. The van der Waals surface area contributed by atoms with Crippen LogP contribution in [0.3, 0.4) is 0 Å². The topological polar surface area (TPSA) is 84.6 Å². The molecule has 2 heterocycles. The predicted molar refractivity (Wildman–Crippen MR) is 174 cm³/mol. The molecule has 0 amide bonds. The minimum atomic E-state index is -0.531. The largest absolute Gasteiger partial charge is 0.502 e. The van der Waals surface area contributed by atoms with E-state index in [1.807, 2.05) is 12.1 Å². The van der Waals surface area contributed by atoms with Gasteiger partial charge in [0.2, 0.25) is 16.9 Å². The van der Waals surface area contributed by atoms with E-state index in [0.717, 1.165) is 44.1 Å². The van der Waals surface area contributed by atoms with Gasteiger partial charge in [-0.2, -0.15) is 0 Å². The van der Waals surface area contributed by atoms with Crippen LogP contribution in [0.2, 0.25) is 0 Å². The summed E-state index contributed by atoms with van der Waals surface area (Å²) in [5.41, 5.74) is 1.66. The van der Waals surface area contributed by atoms with E-state index in [-0.39, 0.29) is 16.7 Å². The quantitative estimate of drug-likeness (QED) is 0.163. The summed E-state index contributed by atoms with van der Waals surface area (Å²) in [5.74, 6) is 1.91. The van der Waals surface area contributed by atoms with Crippen LogP contribution in [0.1, 0.15) is 37.7 Å². The van der Waals surface area contributed by atoms with Crippen molar-refractivity contribution in [2.24, 2.45) is 5.92 Å². The van der Waals surface area contributed by atoms with Gasteiger partial charge in [0, 0.05) is 12.1 Å². The summed E-state index contributed by atoms with van der Waals surface area (Å²) in [5, 5.41) is 10.8. The molecule has 1 aliphatic heterocycles. The van der Waals surface area contributed by atoms with Gasteiger partial charge < -0.3 is 28.6 Å². The van der Waals surface area contributed by atoms with E-state index in [2.05, 4.69) is 47.2 Å². The van der Waals surface area contributed by atoms with Crippen molar-refractivity contribution in [3.05, 3.63) is 82.5 Å². The van der Waals surface area contributed by atoms with E-state index >= 15 is 0 Å². The van der Waals surface area contributed by atoms with Crippen LogP contribution in [0.25, 0.3) is 22.3 Å². The molecule has 44 heavy (non-hydrogen) atoms. The first kappa shape index (κ1) is 31.4. The maximum Gasteiger partial charge on any atom is 0.235 e. The maximum absolute atomic E-state index is 12.9. The van der Waals surface area contributed by atoms with Crippen LogP contribution in [0.4, 0.5) is 0 Å². The Balaban J connectivity index is 1.03. The number of ether oxygens (including phenoxy) is 3. The zero-order chi connectivity index (χ0) is 30.9. The van der Waals surface area contributed by atoms with Gasteiger partial charge in [0.15, 0.2) is 17.1 Å². The van der Waals surface area contributed by atoms with E-state index in [1.54, 1.807) is 24.3 Å². The third-order valence-electron chi connectivity index (χ3n) is 8.57. The Morgan fingerprint density at radius 1 is 0.932 bits per heavy atom. The van der Waals surface area contributed by atoms with Crippen LogP contribution in [-0.4, -0.2) is 69.0 Å². The number of aromatic hydroxyl groups is 1. The average molecular weight is 601 g/mol. The Bertz CT molecular complexity index is 1550. The minimum Gasteiger partial charge on any atom is -0.502 e. The smallest absolute Gasteiger partial charge is 0.235 e. The third kappa shape index (κ3) is 7.73. The lowest BCUT2D eigenvalue weighted by atomic mass is 9.93. The molecule has 8 heteroatoms. The molecular formula is C36H44N2O6. The fourth-order valence-electron chi connectivity index (χ4n) is 5.92. The van der Waals surface area contributed by atoms with E-state index < -0.39 is 11.2 Å². The van der Waals surface area contributed by atoms with Crippen LogP contribution < -0.4 is 19.6 Å². The van der Waals surface area contributed by atoms with Gasteiger partial charge in [-0.25, -0.2) is 0 Å². The number of piperidine rings is 1. The molecule has 1 aromatic heterocycles. The molecule has 5 rings (SSSR count).